The molecule has 1 aromatic heterocycles. The minimum Gasteiger partial charge on any atom is -0.449 e. The van der Waals surface area contributed by atoms with E-state index in [1.807, 2.05) is 0 Å². The van der Waals surface area contributed by atoms with Crippen molar-refractivity contribution in [2.24, 2.45) is 0 Å². The lowest BCUT2D eigenvalue weighted by Gasteiger charge is -2.12. The highest BCUT2D eigenvalue weighted by Crippen LogP contribution is 2.01. The first-order valence-electron chi connectivity index (χ1n) is 3.58. The number of anilines is 1. The van der Waals surface area contributed by atoms with Crippen molar-refractivity contribution < 1.29 is 9.21 Å². The van der Waals surface area contributed by atoms with Crippen LogP contribution in [0.3, 0.4) is 0 Å². The van der Waals surface area contributed by atoms with Crippen LogP contribution in [0.2, 0.25) is 0 Å². The maximum absolute atomic E-state index is 11.2. The second kappa shape index (κ2) is 4.16. The van der Waals surface area contributed by atoms with Gasteiger partial charge in [0, 0.05) is 7.05 Å². The van der Waals surface area contributed by atoms with Crippen molar-refractivity contribution in [3.63, 3.8) is 0 Å². The van der Waals surface area contributed by atoms with Crippen LogP contribution in [0.5, 0.6) is 0 Å². The summed E-state index contributed by atoms with van der Waals surface area (Å²) >= 11 is 0. The van der Waals surface area contributed by atoms with Crippen LogP contribution in [0.15, 0.2) is 17.1 Å². The molecule has 0 radical (unpaired) electrons. The van der Waals surface area contributed by atoms with Gasteiger partial charge in [0.1, 0.15) is 6.26 Å². The van der Waals surface area contributed by atoms with E-state index >= 15 is 0 Å². The van der Waals surface area contributed by atoms with Crippen LogP contribution in [-0.4, -0.2) is 29.5 Å². The summed E-state index contributed by atoms with van der Waals surface area (Å²) in [5.41, 5.74) is 0. The number of aromatic nitrogens is 1. The maximum Gasteiger partial charge on any atom is 0.323 e. The lowest BCUT2D eigenvalue weighted by Crippen LogP contribution is -2.31. The fraction of sp³-hybridized carbons (Fsp3) is 0.250. The Morgan fingerprint density at radius 2 is 2.69 bits per heavy atom. The number of urea groups is 1. The van der Waals surface area contributed by atoms with Crippen molar-refractivity contribution in [3.05, 3.63) is 12.7 Å². The second-order valence-corrected chi connectivity index (χ2v) is 2.36. The Labute approximate surface area is 75.7 Å². The first-order valence-corrected chi connectivity index (χ1v) is 3.58. The molecule has 0 saturated carbocycles. The number of hydrogen-bond acceptors (Lipinski definition) is 3. The molecule has 0 aliphatic heterocycles. The first-order chi connectivity index (χ1) is 6.24. The van der Waals surface area contributed by atoms with E-state index in [9.17, 15) is 4.79 Å². The highest BCUT2D eigenvalue weighted by Gasteiger charge is 2.07. The number of nitrogens with zero attached hydrogens (tertiary/aromatic N) is 2. The fourth-order valence-electron chi connectivity index (χ4n) is 0.688. The summed E-state index contributed by atoms with van der Waals surface area (Å²) in [6.45, 7) is 0.254. The van der Waals surface area contributed by atoms with Crippen LogP contribution in [0.25, 0.3) is 0 Å². The maximum atomic E-state index is 11.2. The second-order valence-electron chi connectivity index (χ2n) is 2.36. The summed E-state index contributed by atoms with van der Waals surface area (Å²) in [6, 6.07) is -0.313. The number of rotatable bonds is 2. The van der Waals surface area contributed by atoms with E-state index in [0.29, 0.717) is 5.82 Å². The third kappa shape index (κ3) is 2.52. The molecule has 0 bridgehead atoms. The number of carbonyl (C=O) groups excluding carboxylic acids is 1. The van der Waals surface area contributed by atoms with E-state index in [1.165, 1.54) is 17.6 Å². The molecule has 1 rings (SSSR count). The van der Waals surface area contributed by atoms with E-state index in [-0.39, 0.29) is 12.6 Å². The molecular weight excluding hydrogens is 170 g/mol. The van der Waals surface area contributed by atoms with Crippen molar-refractivity contribution in [1.29, 1.82) is 0 Å². The van der Waals surface area contributed by atoms with Gasteiger partial charge < -0.3 is 9.32 Å². The standard InChI is InChI=1S/C8H9N3O2/c1-3-4-11(2)8(12)10-7-5-13-6-9-7/h1,5-6H,4H2,2H3,(H,10,12). The molecule has 0 unspecified atom stereocenters. The van der Waals surface area contributed by atoms with Crippen LogP contribution in [0, 0.1) is 12.3 Å². The number of terminal acetylenes is 1. The smallest absolute Gasteiger partial charge is 0.323 e. The Bertz CT molecular complexity index is 313. The predicted molar refractivity (Wildman–Crippen MR) is 47.0 cm³/mol. The molecule has 5 nitrogen and oxygen atoms in total. The van der Waals surface area contributed by atoms with Crippen molar-refractivity contribution in [2.45, 2.75) is 0 Å². The van der Waals surface area contributed by atoms with Crippen LogP contribution in [0.1, 0.15) is 0 Å². The van der Waals surface area contributed by atoms with Crippen molar-refractivity contribution in [1.82, 2.24) is 9.88 Å². The quantitative estimate of drug-likeness (QED) is 0.682. The van der Waals surface area contributed by atoms with Gasteiger partial charge in [-0.15, -0.1) is 6.42 Å². The normalized spacial score (nSPS) is 8.92. The largest absolute Gasteiger partial charge is 0.449 e. The Balaban J connectivity index is 2.47. The van der Waals surface area contributed by atoms with Gasteiger partial charge in [0.2, 0.25) is 0 Å². The average molecular weight is 179 g/mol. The molecule has 0 aliphatic carbocycles. The van der Waals surface area contributed by atoms with Gasteiger partial charge in [-0.25, -0.2) is 4.79 Å². The van der Waals surface area contributed by atoms with Crippen molar-refractivity contribution >= 4 is 11.8 Å². The minimum atomic E-state index is -0.313. The summed E-state index contributed by atoms with van der Waals surface area (Å²) in [5, 5.41) is 2.49. The number of amides is 2. The zero-order chi connectivity index (χ0) is 9.68. The molecule has 0 aliphatic rings. The fourth-order valence-corrected chi connectivity index (χ4v) is 0.688. The summed E-state index contributed by atoms with van der Waals surface area (Å²) in [7, 11) is 1.59. The number of nitrogens with one attached hydrogen (secondary N) is 1. The molecular formula is C8H9N3O2. The number of oxazole rings is 1. The van der Waals surface area contributed by atoms with Crippen molar-refractivity contribution in [2.75, 3.05) is 18.9 Å². The number of carbonyl (C=O) groups is 1. The van der Waals surface area contributed by atoms with E-state index in [1.54, 1.807) is 7.05 Å². The summed E-state index contributed by atoms with van der Waals surface area (Å²) in [4.78, 5) is 16.3. The molecule has 13 heavy (non-hydrogen) atoms. The third-order valence-corrected chi connectivity index (χ3v) is 1.34. The molecule has 0 saturated heterocycles. The molecule has 0 aromatic carbocycles. The van der Waals surface area contributed by atoms with Gasteiger partial charge in [-0.05, 0) is 0 Å². The van der Waals surface area contributed by atoms with Gasteiger partial charge in [-0.3, -0.25) is 5.32 Å². The van der Waals surface area contributed by atoms with Gasteiger partial charge >= 0.3 is 6.03 Å². The Morgan fingerprint density at radius 3 is 3.23 bits per heavy atom. The van der Waals surface area contributed by atoms with Gasteiger partial charge in [0.05, 0.1) is 6.54 Å². The van der Waals surface area contributed by atoms with Gasteiger partial charge in [-0.2, -0.15) is 4.98 Å². The molecule has 5 heteroatoms. The summed E-state index contributed by atoms with van der Waals surface area (Å²) in [6.07, 6.45) is 7.60. The van der Waals surface area contributed by atoms with E-state index in [0.717, 1.165) is 0 Å². The molecule has 1 N–H and O–H groups in total. The highest BCUT2D eigenvalue weighted by atomic mass is 16.3. The zero-order valence-electron chi connectivity index (χ0n) is 7.15. The number of hydrogen-bond donors (Lipinski definition) is 1. The van der Waals surface area contributed by atoms with Gasteiger partial charge in [-0.1, -0.05) is 5.92 Å². The minimum absolute atomic E-state index is 0.254. The Morgan fingerprint density at radius 1 is 1.92 bits per heavy atom. The van der Waals surface area contributed by atoms with Crippen molar-refractivity contribution in [3.8, 4) is 12.3 Å². The molecule has 1 heterocycles. The molecule has 1 aromatic rings. The lowest BCUT2D eigenvalue weighted by molar-refractivity contribution is 0.227. The summed E-state index contributed by atoms with van der Waals surface area (Å²) < 4.78 is 4.67. The highest BCUT2D eigenvalue weighted by molar-refractivity contribution is 5.87. The Kier molecular flexibility index (Phi) is 2.92. The molecule has 0 atom stereocenters. The molecule has 68 valence electrons. The molecule has 2 amide bonds. The van der Waals surface area contributed by atoms with E-state index < -0.39 is 0 Å². The van der Waals surface area contributed by atoms with Gasteiger partial charge in [0.15, 0.2) is 12.2 Å². The van der Waals surface area contributed by atoms with E-state index in [4.69, 9.17) is 6.42 Å². The van der Waals surface area contributed by atoms with Crippen LogP contribution >= 0.6 is 0 Å². The predicted octanol–water partition coefficient (Wildman–Crippen LogP) is 0.772. The molecule has 0 spiro atoms. The molecule has 0 fully saturated rings. The first kappa shape index (κ1) is 9.13. The van der Waals surface area contributed by atoms with Gasteiger partial charge in [0.25, 0.3) is 0 Å². The third-order valence-electron chi connectivity index (χ3n) is 1.34. The lowest BCUT2D eigenvalue weighted by atomic mass is 10.6. The van der Waals surface area contributed by atoms with E-state index in [2.05, 4.69) is 20.6 Å². The topological polar surface area (TPSA) is 58.4 Å². The van der Waals surface area contributed by atoms with Crippen LogP contribution < -0.4 is 5.32 Å². The average Bonchev–Trinajstić information content (AvgIpc) is 2.57. The van der Waals surface area contributed by atoms with Crippen LogP contribution in [0.4, 0.5) is 10.6 Å². The summed E-state index contributed by atoms with van der Waals surface area (Å²) in [5.74, 6) is 2.72. The Hall–Kier alpha value is -1.96. The SMILES string of the molecule is C#CCN(C)C(=O)Nc1cocn1. The monoisotopic (exact) mass is 179 g/mol. The van der Waals surface area contributed by atoms with Crippen LogP contribution in [-0.2, 0) is 0 Å². The zero-order valence-corrected chi connectivity index (χ0v) is 7.15.